The molecule has 25 heavy (non-hydrogen) atoms. The molecular weight excluding hydrogens is 327 g/mol. The van der Waals surface area contributed by atoms with E-state index in [0.29, 0.717) is 17.4 Å². The fourth-order valence-electron chi connectivity index (χ4n) is 4.47. The third-order valence-corrected chi connectivity index (χ3v) is 6.20. The Labute approximate surface area is 147 Å². The van der Waals surface area contributed by atoms with E-state index in [4.69, 9.17) is 10.5 Å². The Balaban J connectivity index is 1.53. The number of nitrogens with two attached hydrogens (primary N) is 1. The van der Waals surface area contributed by atoms with Gasteiger partial charge in [0.2, 0.25) is 0 Å². The molecule has 1 saturated carbocycles. The van der Waals surface area contributed by atoms with Crippen molar-refractivity contribution in [2.45, 2.75) is 69.9 Å². The van der Waals surface area contributed by atoms with E-state index in [1.54, 1.807) is 0 Å². The van der Waals surface area contributed by atoms with E-state index in [-0.39, 0.29) is 18.1 Å². The number of ether oxygens (including phenoxy) is 1. The maximum atomic E-state index is 13.4. The zero-order valence-corrected chi connectivity index (χ0v) is 14.8. The summed E-state index contributed by atoms with van der Waals surface area (Å²) in [6.07, 6.45) is 7.14. The van der Waals surface area contributed by atoms with Crippen molar-refractivity contribution in [3.63, 3.8) is 0 Å². The normalized spacial score (nSPS) is 31.7. The Bertz CT molecular complexity index is 555. The van der Waals surface area contributed by atoms with E-state index in [2.05, 4.69) is 6.92 Å². The Morgan fingerprint density at radius 2 is 1.68 bits per heavy atom. The van der Waals surface area contributed by atoms with Gasteiger partial charge < -0.3 is 10.5 Å². The number of halogens is 3. The Kier molecular flexibility index (Phi) is 6.05. The van der Waals surface area contributed by atoms with E-state index in [1.165, 1.54) is 0 Å². The molecule has 0 aromatic heterocycles. The van der Waals surface area contributed by atoms with Gasteiger partial charge in [-0.05, 0) is 80.4 Å². The molecule has 0 amide bonds. The summed E-state index contributed by atoms with van der Waals surface area (Å²) in [6, 6.07) is 2.52. The highest BCUT2D eigenvalue weighted by Gasteiger charge is 2.33. The average molecular weight is 355 g/mol. The lowest BCUT2D eigenvalue weighted by Gasteiger charge is -2.39. The van der Waals surface area contributed by atoms with Gasteiger partial charge in [0.15, 0.2) is 17.5 Å². The molecule has 5 heteroatoms. The van der Waals surface area contributed by atoms with E-state index >= 15 is 0 Å². The second-order valence-corrected chi connectivity index (χ2v) is 7.69. The van der Waals surface area contributed by atoms with Gasteiger partial charge in [-0.3, -0.25) is 0 Å². The lowest BCUT2D eigenvalue weighted by atomic mass is 9.74. The van der Waals surface area contributed by atoms with Crippen LogP contribution in [-0.2, 0) is 4.74 Å². The molecule has 2 N–H and O–H groups in total. The smallest absolute Gasteiger partial charge is 0.194 e. The number of hydrogen-bond acceptors (Lipinski definition) is 2. The molecule has 0 bridgehead atoms. The Hall–Kier alpha value is -1.07. The van der Waals surface area contributed by atoms with Gasteiger partial charge in [0.25, 0.3) is 0 Å². The first kappa shape index (κ1) is 18.7. The maximum absolute atomic E-state index is 13.4. The van der Waals surface area contributed by atoms with Crippen LogP contribution in [0.5, 0.6) is 0 Å². The maximum Gasteiger partial charge on any atom is 0.194 e. The molecule has 3 atom stereocenters. The zero-order chi connectivity index (χ0) is 18.0. The molecular formula is C20H28F3NO. The SMILES string of the molecule is CCC(N)C1CCC(C2CCC(c3cc(F)c(F)c(F)c3)CC2)OC1. The standard InChI is InChI=1S/C20H28F3NO/c1-2-18(24)14-7-8-19(25-11-14)13-5-3-12(4-6-13)15-9-16(21)20(23)17(22)10-15/h9-10,12-14,18-19H,2-8,11,24H2,1H3. The molecule has 1 saturated heterocycles. The predicted octanol–water partition coefficient (Wildman–Crippen LogP) is 4.91. The molecule has 2 aliphatic rings. The fraction of sp³-hybridized carbons (Fsp3) is 0.700. The van der Waals surface area contributed by atoms with Crippen LogP contribution in [-0.4, -0.2) is 18.8 Å². The molecule has 140 valence electrons. The van der Waals surface area contributed by atoms with E-state index in [0.717, 1.165) is 63.7 Å². The summed E-state index contributed by atoms with van der Waals surface area (Å²) in [7, 11) is 0. The first-order valence-electron chi connectivity index (χ1n) is 9.51. The van der Waals surface area contributed by atoms with Crippen LogP contribution < -0.4 is 5.73 Å². The van der Waals surface area contributed by atoms with Crippen LogP contribution >= 0.6 is 0 Å². The Morgan fingerprint density at radius 1 is 1.04 bits per heavy atom. The predicted molar refractivity (Wildman–Crippen MR) is 91.7 cm³/mol. The third kappa shape index (κ3) is 4.20. The van der Waals surface area contributed by atoms with Crippen LogP contribution in [0.25, 0.3) is 0 Å². The van der Waals surface area contributed by atoms with Gasteiger partial charge in [-0.25, -0.2) is 13.2 Å². The summed E-state index contributed by atoms with van der Waals surface area (Å²) in [5.74, 6) is -2.50. The second kappa shape index (κ2) is 8.09. The molecule has 1 aliphatic carbocycles. The molecule has 1 aromatic rings. The van der Waals surface area contributed by atoms with E-state index in [9.17, 15) is 13.2 Å². The quantitative estimate of drug-likeness (QED) is 0.779. The lowest BCUT2D eigenvalue weighted by molar-refractivity contribution is -0.0608. The molecule has 1 aliphatic heterocycles. The van der Waals surface area contributed by atoms with Crippen LogP contribution in [0.3, 0.4) is 0 Å². The van der Waals surface area contributed by atoms with Gasteiger partial charge in [0, 0.05) is 6.04 Å². The summed E-state index contributed by atoms with van der Waals surface area (Å²) in [4.78, 5) is 0. The van der Waals surface area contributed by atoms with Crippen molar-refractivity contribution in [1.82, 2.24) is 0 Å². The molecule has 1 aromatic carbocycles. The van der Waals surface area contributed by atoms with Gasteiger partial charge in [-0.2, -0.15) is 0 Å². The van der Waals surface area contributed by atoms with Crippen LogP contribution in [0.1, 0.15) is 63.4 Å². The largest absolute Gasteiger partial charge is 0.378 e. The van der Waals surface area contributed by atoms with Crippen molar-refractivity contribution >= 4 is 0 Å². The van der Waals surface area contributed by atoms with E-state index in [1.807, 2.05) is 0 Å². The molecule has 3 unspecified atom stereocenters. The minimum absolute atomic E-state index is 0.103. The second-order valence-electron chi connectivity index (χ2n) is 7.69. The summed E-state index contributed by atoms with van der Waals surface area (Å²) < 4.78 is 46.1. The topological polar surface area (TPSA) is 35.2 Å². The van der Waals surface area contributed by atoms with Crippen molar-refractivity contribution in [3.05, 3.63) is 35.1 Å². The van der Waals surface area contributed by atoms with Crippen LogP contribution in [0.4, 0.5) is 13.2 Å². The van der Waals surface area contributed by atoms with Gasteiger partial charge in [0.1, 0.15) is 0 Å². The summed E-state index contributed by atoms with van der Waals surface area (Å²) in [6.45, 7) is 2.85. The minimum Gasteiger partial charge on any atom is -0.378 e. The summed E-state index contributed by atoms with van der Waals surface area (Å²) in [5, 5.41) is 0. The molecule has 2 nitrogen and oxygen atoms in total. The van der Waals surface area contributed by atoms with Crippen LogP contribution in [0.2, 0.25) is 0 Å². The van der Waals surface area contributed by atoms with Gasteiger partial charge in [-0.1, -0.05) is 6.92 Å². The van der Waals surface area contributed by atoms with Crippen molar-refractivity contribution in [2.24, 2.45) is 17.6 Å². The fourth-order valence-corrected chi connectivity index (χ4v) is 4.47. The highest BCUT2D eigenvalue weighted by Crippen LogP contribution is 2.40. The van der Waals surface area contributed by atoms with Crippen molar-refractivity contribution in [3.8, 4) is 0 Å². The number of hydrogen-bond donors (Lipinski definition) is 1. The molecule has 3 rings (SSSR count). The average Bonchev–Trinajstić information content (AvgIpc) is 2.65. The minimum atomic E-state index is -1.38. The first-order chi connectivity index (χ1) is 12.0. The molecule has 0 radical (unpaired) electrons. The van der Waals surface area contributed by atoms with Gasteiger partial charge in [-0.15, -0.1) is 0 Å². The van der Waals surface area contributed by atoms with Crippen molar-refractivity contribution in [2.75, 3.05) is 6.61 Å². The molecule has 0 spiro atoms. The van der Waals surface area contributed by atoms with Crippen molar-refractivity contribution in [1.29, 1.82) is 0 Å². The first-order valence-corrected chi connectivity index (χ1v) is 9.51. The van der Waals surface area contributed by atoms with Gasteiger partial charge >= 0.3 is 0 Å². The highest BCUT2D eigenvalue weighted by molar-refractivity contribution is 5.23. The molecule has 2 fully saturated rings. The van der Waals surface area contributed by atoms with E-state index < -0.39 is 17.5 Å². The number of rotatable bonds is 4. The third-order valence-electron chi connectivity index (χ3n) is 6.20. The van der Waals surface area contributed by atoms with Crippen molar-refractivity contribution < 1.29 is 17.9 Å². The highest BCUT2D eigenvalue weighted by atomic mass is 19.2. The Morgan fingerprint density at radius 3 is 2.20 bits per heavy atom. The summed E-state index contributed by atoms with van der Waals surface area (Å²) >= 11 is 0. The number of benzene rings is 1. The van der Waals surface area contributed by atoms with Crippen LogP contribution in [0, 0.1) is 29.3 Å². The summed E-state index contributed by atoms with van der Waals surface area (Å²) in [5.41, 5.74) is 6.70. The van der Waals surface area contributed by atoms with Crippen LogP contribution in [0.15, 0.2) is 12.1 Å². The lowest BCUT2D eigenvalue weighted by Crippen LogP contribution is -2.40. The monoisotopic (exact) mass is 355 g/mol. The van der Waals surface area contributed by atoms with Gasteiger partial charge in [0.05, 0.1) is 12.7 Å². The zero-order valence-electron chi connectivity index (χ0n) is 14.8. The molecule has 1 heterocycles.